The first kappa shape index (κ1) is 10.3. The predicted octanol–water partition coefficient (Wildman–Crippen LogP) is 3.12. The Bertz CT molecular complexity index is 353. The van der Waals surface area contributed by atoms with Crippen molar-refractivity contribution in [2.45, 2.75) is 38.1 Å². The normalized spacial score (nSPS) is 32.7. The lowest BCUT2D eigenvalue weighted by Gasteiger charge is -2.28. The monoisotopic (exact) mass is 237 g/mol. The van der Waals surface area contributed by atoms with E-state index in [0.717, 1.165) is 17.7 Å². The van der Waals surface area contributed by atoms with Crippen LogP contribution in [0.1, 0.15) is 32.1 Å². The van der Waals surface area contributed by atoms with Gasteiger partial charge in [-0.1, -0.05) is 24.4 Å². The largest absolute Gasteiger partial charge is 0.366 e. The first-order chi connectivity index (χ1) is 7.79. The van der Waals surface area contributed by atoms with E-state index in [-0.39, 0.29) is 0 Å². The van der Waals surface area contributed by atoms with Crippen LogP contribution < -0.4 is 5.32 Å². The van der Waals surface area contributed by atoms with Crippen LogP contribution in [0.2, 0.25) is 5.15 Å². The maximum absolute atomic E-state index is 5.71. The molecule has 0 unspecified atom stereocenters. The highest BCUT2D eigenvalue weighted by molar-refractivity contribution is 6.29. The van der Waals surface area contributed by atoms with Crippen molar-refractivity contribution in [2.75, 3.05) is 5.32 Å². The summed E-state index contributed by atoms with van der Waals surface area (Å²) in [5.41, 5.74) is 0. The van der Waals surface area contributed by atoms with Gasteiger partial charge < -0.3 is 5.32 Å². The molecule has 4 heteroatoms. The van der Waals surface area contributed by atoms with Crippen molar-refractivity contribution in [1.29, 1.82) is 0 Å². The number of hydrogen-bond acceptors (Lipinski definition) is 3. The number of anilines is 1. The third-order valence-corrected chi connectivity index (χ3v) is 4.07. The molecule has 1 aromatic heterocycles. The summed E-state index contributed by atoms with van der Waals surface area (Å²) in [7, 11) is 0. The third-order valence-electron chi connectivity index (χ3n) is 3.87. The van der Waals surface area contributed by atoms with Crippen LogP contribution in [0.5, 0.6) is 0 Å². The number of nitrogens with zero attached hydrogens (tertiary/aromatic N) is 2. The molecule has 2 fully saturated rings. The Hall–Kier alpha value is -0.830. The zero-order chi connectivity index (χ0) is 11.0. The average Bonchev–Trinajstić information content (AvgIpc) is 2.62. The minimum absolute atomic E-state index is 0.453. The summed E-state index contributed by atoms with van der Waals surface area (Å²) in [5, 5.41) is 11.8. The van der Waals surface area contributed by atoms with E-state index in [9.17, 15) is 0 Å². The molecule has 0 radical (unpaired) electrons. The Morgan fingerprint density at radius 2 is 1.81 bits per heavy atom. The molecule has 3 nitrogen and oxygen atoms in total. The van der Waals surface area contributed by atoms with Crippen LogP contribution in [0.25, 0.3) is 0 Å². The predicted molar refractivity (Wildman–Crippen MR) is 64.5 cm³/mol. The van der Waals surface area contributed by atoms with Crippen LogP contribution in [0.3, 0.4) is 0 Å². The minimum Gasteiger partial charge on any atom is -0.366 e. The van der Waals surface area contributed by atoms with Gasteiger partial charge in [0.2, 0.25) is 0 Å². The van der Waals surface area contributed by atoms with Crippen LogP contribution in [-0.2, 0) is 0 Å². The van der Waals surface area contributed by atoms with Gasteiger partial charge in [-0.3, -0.25) is 0 Å². The van der Waals surface area contributed by atoms with E-state index in [1.165, 1.54) is 32.1 Å². The van der Waals surface area contributed by atoms with Crippen molar-refractivity contribution in [1.82, 2.24) is 10.2 Å². The molecule has 2 saturated carbocycles. The van der Waals surface area contributed by atoms with E-state index >= 15 is 0 Å². The number of halogens is 1. The topological polar surface area (TPSA) is 37.8 Å². The van der Waals surface area contributed by atoms with E-state index in [1.807, 2.05) is 6.07 Å². The SMILES string of the molecule is Clc1ccc(N[C@H]2C[C@@H]3CC[C@@H](C3)C2)nn1. The van der Waals surface area contributed by atoms with E-state index in [2.05, 4.69) is 15.5 Å². The molecule has 1 heterocycles. The number of fused-ring (bicyclic) bond motifs is 2. The van der Waals surface area contributed by atoms with Crippen molar-refractivity contribution in [3.63, 3.8) is 0 Å². The van der Waals surface area contributed by atoms with Gasteiger partial charge >= 0.3 is 0 Å². The maximum atomic E-state index is 5.71. The summed E-state index contributed by atoms with van der Waals surface area (Å²) in [6.45, 7) is 0. The average molecular weight is 238 g/mol. The Kier molecular flexibility index (Phi) is 2.72. The van der Waals surface area contributed by atoms with E-state index in [0.29, 0.717) is 11.2 Å². The van der Waals surface area contributed by atoms with Gasteiger partial charge in [-0.25, -0.2) is 0 Å². The van der Waals surface area contributed by atoms with Crippen LogP contribution in [0.15, 0.2) is 12.1 Å². The molecule has 0 spiro atoms. The smallest absolute Gasteiger partial charge is 0.151 e. The van der Waals surface area contributed by atoms with Crippen LogP contribution in [-0.4, -0.2) is 16.2 Å². The molecule has 1 N–H and O–H groups in total. The van der Waals surface area contributed by atoms with Crippen molar-refractivity contribution in [3.8, 4) is 0 Å². The van der Waals surface area contributed by atoms with Gasteiger partial charge in [0.15, 0.2) is 5.15 Å². The number of aromatic nitrogens is 2. The lowest BCUT2D eigenvalue weighted by Crippen LogP contribution is -2.28. The lowest BCUT2D eigenvalue weighted by molar-refractivity contribution is 0.333. The fourth-order valence-electron chi connectivity index (χ4n) is 3.23. The third kappa shape index (κ3) is 2.14. The quantitative estimate of drug-likeness (QED) is 0.859. The fourth-order valence-corrected chi connectivity index (χ4v) is 3.33. The molecular weight excluding hydrogens is 222 g/mol. The van der Waals surface area contributed by atoms with E-state index in [1.54, 1.807) is 6.07 Å². The summed E-state index contributed by atoms with van der Waals surface area (Å²) in [4.78, 5) is 0. The molecule has 0 aromatic carbocycles. The first-order valence-corrected chi connectivity index (χ1v) is 6.43. The van der Waals surface area contributed by atoms with Crippen molar-refractivity contribution in [2.24, 2.45) is 11.8 Å². The van der Waals surface area contributed by atoms with Crippen LogP contribution in [0.4, 0.5) is 5.82 Å². The standard InChI is InChI=1S/C12H16ClN3/c13-11-3-4-12(16-15-11)14-10-6-8-1-2-9(5-8)7-10/h3-4,8-10H,1-2,5-7H2,(H,14,16)/t8-,9+,10+. The number of rotatable bonds is 2. The van der Waals surface area contributed by atoms with Gasteiger partial charge in [0.25, 0.3) is 0 Å². The van der Waals surface area contributed by atoms with Gasteiger partial charge in [0, 0.05) is 6.04 Å². The highest BCUT2D eigenvalue weighted by Gasteiger charge is 2.33. The zero-order valence-electron chi connectivity index (χ0n) is 9.19. The van der Waals surface area contributed by atoms with Gasteiger partial charge in [0.05, 0.1) is 0 Å². The second-order valence-corrected chi connectivity index (χ2v) is 5.49. The van der Waals surface area contributed by atoms with Crippen LogP contribution >= 0.6 is 11.6 Å². The summed E-state index contributed by atoms with van der Waals surface area (Å²) < 4.78 is 0. The lowest BCUT2D eigenvalue weighted by atomic mass is 9.85. The number of nitrogens with one attached hydrogen (secondary N) is 1. The summed E-state index contributed by atoms with van der Waals surface area (Å²) in [5.74, 6) is 2.74. The fraction of sp³-hybridized carbons (Fsp3) is 0.667. The molecule has 2 bridgehead atoms. The molecule has 3 atom stereocenters. The van der Waals surface area contributed by atoms with Crippen molar-refractivity contribution < 1.29 is 0 Å². The second-order valence-electron chi connectivity index (χ2n) is 5.10. The Balaban J connectivity index is 1.64. The van der Waals surface area contributed by atoms with Gasteiger partial charge in [0.1, 0.15) is 5.82 Å². The maximum Gasteiger partial charge on any atom is 0.151 e. The summed E-state index contributed by atoms with van der Waals surface area (Å²) in [6.07, 6.45) is 6.89. The van der Waals surface area contributed by atoms with Crippen molar-refractivity contribution in [3.05, 3.63) is 17.3 Å². The second kappa shape index (κ2) is 4.21. The molecule has 0 aliphatic heterocycles. The van der Waals surface area contributed by atoms with Crippen molar-refractivity contribution >= 4 is 17.4 Å². The molecule has 3 rings (SSSR count). The van der Waals surface area contributed by atoms with E-state index < -0.39 is 0 Å². The highest BCUT2D eigenvalue weighted by Crippen LogP contribution is 2.42. The molecule has 86 valence electrons. The Morgan fingerprint density at radius 1 is 1.06 bits per heavy atom. The highest BCUT2D eigenvalue weighted by atomic mass is 35.5. The molecule has 16 heavy (non-hydrogen) atoms. The van der Waals surface area contributed by atoms with Crippen LogP contribution in [0, 0.1) is 11.8 Å². The first-order valence-electron chi connectivity index (χ1n) is 6.05. The molecule has 0 saturated heterocycles. The Labute approximate surface area is 101 Å². The van der Waals surface area contributed by atoms with Gasteiger partial charge in [-0.05, 0) is 43.2 Å². The minimum atomic E-state index is 0.453. The van der Waals surface area contributed by atoms with Gasteiger partial charge in [-0.15, -0.1) is 10.2 Å². The number of hydrogen-bond donors (Lipinski definition) is 1. The molecule has 2 aliphatic rings. The van der Waals surface area contributed by atoms with E-state index in [4.69, 9.17) is 11.6 Å². The summed E-state index contributed by atoms with van der Waals surface area (Å²) in [6, 6.07) is 4.28. The molecule has 1 aromatic rings. The van der Waals surface area contributed by atoms with Gasteiger partial charge in [-0.2, -0.15) is 0 Å². The molecule has 0 amide bonds. The Morgan fingerprint density at radius 3 is 2.44 bits per heavy atom. The summed E-state index contributed by atoms with van der Waals surface area (Å²) >= 11 is 5.71. The molecular formula is C12H16ClN3. The molecule has 2 aliphatic carbocycles. The zero-order valence-corrected chi connectivity index (χ0v) is 9.95.